The van der Waals surface area contributed by atoms with Crippen LogP contribution in [0.4, 0.5) is 0 Å². The molecule has 1 aromatic heterocycles. The van der Waals surface area contributed by atoms with Crippen molar-refractivity contribution in [2.75, 3.05) is 13.2 Å². The highest BCUT2D eigenvalue weighted by Crippen LogP contribution is 2.21. The van der Waals surface area contributed by atoms with Crippen LogP contribution in [0.2, 0.25) is 0 Å². The van der Waals surface area contributed by atoms with Crippen molar-refractivity contribution in [1.29, 1.82) is 0 Å². The Morgan fingerprint density at radius 1 is 1.26 bits per heavy atom. The minimum atomic E-state index is -0.209. The van der Waals surface area contributed by atoms with Gasteiger partial charge in [0.25, 0.3) is 5.91 Å². The normalized spacial score (nSPS) is 18.2. The van der Waals surface area contributed by atoms with Crippen LogP contribution in [0.25, 0.3) is 0 Å². The largest absolute Gasteiger partial charge is 0.459 e. The summed E-state index contributed by atoms with van der Waals surface area (Å²) in [4.78, 5) is 14.3. The molecule has 2 N–H and O–H groups in total. The highest BCUT2D eigenvalue weighted by molar-refractivity contribution is 5.91. The van der Waals surface area contributed by atoms with Crippen molar-refractivity contribution in [2.24, 2.45) is 0 Å². The van der Waals surface area contributed by atoms with Gasteiger partial charge in [0.1, 0.15) is 0 Å². The Bertz CT molecular complexity index is 639. The Morgan fingerprint density at radius 2 is 2.09 bits per heavy atom. The number of rotatable bonds is 6. The first-order valence-electron chi connectivity index (χ1n) is 8.01. The number of benzene rings is 1. The summed E-state index contributed by atoms with van der Waals surface area (Å²) < 4.78 is 5.10. The van der Waals surface area contributed by atoms with Crippen LogP contribution >= 0.6 is 0 Å². The molecule has 3 rings (SSSR count). The number of aliphatic hydroxyl groups is 1. The van der Waals surface area contributed by atoms with Gasteiger partial charge in [-0.1, -0.05) is 24.3 Å². The van der Waals surface area contributed by atoms with Gasteiger partial charge in [-0.05, 0) is 42.6 Å². The van der Waals surface area contributed by atoms with Crippen LogP contribution in [0.15, 0.2) is 47.1 Å². The SMILES string of the molecule is O=C(NCc1ccccc1CN1CCCC1CO)c1ccco1. The first-order valence-corrected chi connectivity index (χ1v) is 8.01. The third-order valence-corrected chi connectivity index (χ3v) is 4.39. The van der Waals surface area contributed by atoms with E-state index in [9.17, 15) is 9.90 Å². The van der Waals surface area contributed by atoms with E-state index in [2.05, 4.69) is 16.3 Å². The molecule has 0 spiro atoms. The fourth-order valence-electron chi connectivity index (χ4n) is 3.08. The maximum Gasteiger partial charge on any atom is 0.287 e. The molecule has 0 saturated carbocycles. The summed E-state index contributed by atoms with van der Waals surface area (Å²) in [5, 5.41) is 12.3. The first kappa shape index (κ1) is 15.8. The van der Waals surface area contributed by atoms with Crippen LogP contribution in [0.3, 0.4) is 0 Å². The number of furan rings is 1. The van der Waals surface area contributed by atoms with E-state index in [4.69, 9.17) is 4.42 Å². The molecule has 122 valence electrons. The summed E-state index contributed by atoms with van der Waals surface area (Å²) in [6.45, 7) is 2.49. The van der Waals surface area contributed by atoms with Crippen LogP contribution < -0.4 is 5.32 Å². The molecule has 5 heteroatoms. The van der Waals surface area contributed by atoms with Gasteiger partial charge in [-0.3, -0.25) is 9.69 Å². The Kier molecular flexibility index (Phi) is 5.10. The van der Waals surface area contributed by atoms with Gasteiger partial charge in [-0.2, -0.15) is 0 Å². The van der Waals surface area contributed by atoms with Crippen molar-refractivity contribution < 1.29 is 14.3 Å². The average Bonchev–Trinajstić information content (AvgIpc) is 3.25. The molecule has 1 fully saturated rings. The summed E-state index contributed by atoms with van der Waals surface area (Å²) in [6.07, 6.45) is 3.67. The quantitative estimate of drug-likeness (QED) is 0.857. The molecule has 5 nitrogen and oxygen atoms in total. The second-order valence-corrected chi connectivity index (χ2v) is 5.88. The Hall–Kier alpha value is -2.11. The predicted molar refractivity (Wildman–Crippen MR) is 86.8 cm³/mol. The summed E-state index contributed by atoms with van der Waals surface area (Å²) in [5.41, 5.74) is 2.28. The molecule has 2 heterocycles. The van der Waals surface area contributed by atoms with Gasteiger partial charge in [-0.25, -0.2) is 0 Å². The molecular formula is C18H22N2O3. The van der Waals surface area contributed by atoms with Gasteiger partial charge in [0.05, 0.1) is 12.9 Å². The molecule has 1 atom stereocenters. The van der Waals surface area contributed by atoms with Crippen molar-refractivity contribution >= 4 is 5.91 Å². The molecule has 1 aliphatic rings. The molecule has 23 heavy (non-hydrogen) atoms. The monoisotopic (exact) mass is 314 g/mol. The Balaban J connectivity index is 1.65. The molecule has 2 aromatic rings. The molecule has 1 saturated heterocycles. The van der Waals surface area contributed by atoms with E-state index in [1.807, 2.05) is 18.2 Å². The highest BCUT2D eigenvalue weighted by atomic mass is 16.3. The minimum Gasteiger partial charge on any atom is -0.459 e. The molecule has 1 aliphatic heterocycles. The molecule has 1 aromatic carbocycles. The van der Waals surface area contributed by atoms with E-state index in [0.29, 0.717) is 12.3 Å². The van der Waals surface area contributed by atoms with Gasteiger partial charge >= 0.3 is 0 Å². The number of aliphatic hydroxyl groups excluding tert-OH is 1. The van der Waals surface area contributed by atoms with E-state index in [1.54, 1.807) is 12.1 Å². The fraction of sp³-hybridized carbons (Fsp3) is 0.389. The maximum absolute atomic E-state index is 12.0. The first-order chi connectivity index (χ1) is 11.3. The summed E-state index contributed by atoms with van der Waals surface area (Å²) in [6, 6.07) is 11.7. The zero-order valence-electron chi connectivity index (χ0n) is 13.1. The number of hydrogen-bond acceptors (Lipinski definition) is 4. The van der Waals surface area contributed by atoms with E-state index in [-0.39, 0.29) is 18.6 Å². The number of hydrogen-bond donors (Lipinski definition) is 2. The fourth-order valence-corrected chi connectivity index (χ4v) is 3.08. The number of nitrogens with one attached hydrogen (secondary N) is 1. The molecule has 0 aliphatic carbocycles. The van der Waals surface area contributed by atoms with Crippen LogP contribution in [0.1, 0.15) is 34.5 Å². The topological polar surface area (TPSA) is 65.7 Å². The molecule has 0 radical (unpaired) electrons. The lowest BCUT2D eigenvalue weighted by molar-refractivity contribution is 0.0923. The number of likely N-dealkylation sites (tertiary alicyclic amines) is 1. The molecule has 0 bridgehead atoms. The Morgan fingerprint density at radius 3 is 2.83 bits per heavy atom. The lowest BCUT2D eigenvalue weighted by Gasteiger charge is -2.24. The van der Waals surface area contributed by atoms with Gasteiger partial charge < -0.3 is 14.8 Å². The van der Waals surface area contributed by atoms with E-state index in [1.165, 1.54) is 11.8 Å². The highest BCUT2D eigenvalue weighted by Gasteiger charge is 2.24. The van der Waals surface area contributed by atoms with Gasteiger partial charge in [0.2, 0.25) is 0 Å². The molecule has 1 amide bonds. The zero-order valence-corrected chi connectivity index (χ0v) is 13.1. The lowest BCUT2D eigenvalue weighted by Crippen LogP contribution is -2.32. The molecule has 1 unspecified atom stereocenters. The predicted octanol–water partition coefficient (Wildman–Crippen LogP) is 2.17. The number of nitrogens with zero attached hydrogens (tertiary/aromatic N) is 1. The van der Waals surface area contributed by atoms with Crippen LogP contribution in [-0.2, 0) is 13.1 Å². The summed E-state index contributed by atoms with van der Waals surface area (Å²) in [7, 11) is 0. The van der Waals surface area contributed by atoms with Crippen LogP contribution in [0.5, 0.6) is 0 Å². The van der Waals surface area contributed by atoms with Crippen molar-refractivity contribution in [3.63, 3.8) is 0 Å². The Labute approximate surface area is 135 Å². The smallest absolute Gasteiger partial charge is 0.287 e. The summed E-state index contributed by atoms with van der Waals surface area (Å²) in [5.74, 6) is 0.113. The van der Waals surface area contributed by atoms with Crippen LogP contribution in [-0.4, -0.2) is 35.1 Å². The van der Waals surface area contributed by atoms with Gasteiger partial charge in [-0.15, -0.1) is 0 Å². The summed E-state index contributed by atoms with van der Waals surface area (Å²) >= 11 is 0. The lowest BCUT2D eigenvalue weighted by atomic mass is 10.1. The van der Waals surface area contributed by atoms with Crippen molar-refractivity contribution in [2.45, 2.75) is 32.0 Å². The maximum atomic E-state index is 12.0. The average molecular weight is 314 g/mol. The molecular weight excluding hydrogens is 292 g/mol. The van der Waals surface area contributed by atoms with Crippen LogP contribution in [0, 0.1) is 0 Å². The van der Waals surface area contributed by atoms with E-state index < -0.39 is 0 Å². The second kappa shape index (κ2) is 7.44. The van der Waals surface area contributed by atoms with Gasteiger partial charge in [0, 0.05) is 19.1 Å². The van der Waals surface area contributed by atoms with Crippen molar-refractivity contribution in [3.05, 3.63) is 59.5 Å². The van der Waals surface area contributed by atoms with Crippen molar-refractivity contribution in [3.8, 4) is 0 Å². The number of carbonyl (C=O) groups is 1. The van der Waals surface area contributed by atoms with E-state index in [0.717, 1.165) is 31.5 Å². The van der Waals surface area contributed by atoms with E-state index >= 15 is 0 Å². The third-order valence-electron chi connectivity index (χ3n) is 4.39. The van der Waals surface area contributed by atoms with Crippen molar-refractivity contribution in [1.82, 2.24) is 10.2 Å². The third kappa shape index (κ3) is 3.81. The minimum absolute atomic E-state index is 0.206. The standard InChI is InChI=1S/C18H22N2O3/c21-13-16-7-3-9-20(16)12-15-6-2-1-5-14(15)11-19-18(22)17-8-4-10-23-17/h1-2,4-6,8,10,16,21H,3,7,9,11-13H2,(H,19,22). The second-order valence-electron chi connectivity index (χ2n) is 5.88. The van der Waals surface area contributed by atoms with Gasteiger partial charge in [0.15, 0.2) is 5.76 Å². The zero-order chi connectivity index (χ0) is 16.1. The number of carbonyl (C=O) groups excluding carboxylic acids is 1. The number of amides is 1.